The van der Waals surface area contributed by atoms with Gasteiger partial charge in [-0.15, -0.1) is 11.8 Å². The summed E-state index contributed by atoms with van der Waals surface area (Å²) in [5.41, 5.74) is 3.89. The molecule has 2 aromatic rings. The van der Waals surface area contributed by atoms with E-state index in [-0.39, 0.29) is 11.8 Å². The van der Waals surface area contributed by atoms with Gasteiger partial charge in [-0.1, -0.05) is 48.4 Å². The third-order valence-electron chi connectivity index (χ3n) is 4.05. The van der Waals surface area contributed by atoms with Crippen LogP contribution in [0.5, 0.6) is 0 Å². The molecule has 0 bridgehead atoms. The quantitative estimate of drug-likeness (QED) is 0.710. The van der Waals surface area contributed by atoms with Crippen LogP contribution in [0.1, 0.15) is 23.6 Å². The summed E-state index contributed by atoms with van der Waals surface area (Å²) in [5.74, 6) is 0.135. The van der Waals surface area contributed by atoms with Crippen LogP contribution in [0.3, 0.4) is 0 Å². The van der Waals surface area contributed by atoms with Gasteiger partial charge in [0.2, 0.25) is 0 Å². The van der Waals surface area contributed by atoms with Gasteiger partial charge in [-0.25, -0.2) is 4.90 Å². The van der Waals surface area contributed by atoms with Crippen LogP contribution in [0.2, 0.25) is 5.02 Å². The molecule has 0 saturated carbocycles. The summed E-state index contributed by atoms with van der Waals surface area (Å²) in [6.45, 7) is 5.94. The number of hydrogen-bond donors (Lipinski definition) is 0. The van der Waals surface area contributed by atoms with Crippen LogP contribution in [0.25, 0.3) is 5.57 Å². The van der Waals surface area contributed by atoms with E-state index in [1.165, 1.54) is 16.7 Å². The molecule has 1 aliphatic rings. The Morgan fingerprint density at radius 1 is 1.04 bits per heavy atom. The van der Waals surface area contributed by atoms with E-state index < -0.39 is 0 Å². The Bertz CT molecular complexity index is 904. The first-order valence-electron chi connectivity index (χ1n) is 8.03. The average molecular weight is 372 g/mol. The summed E-state index contributed by atoms with van der Waals surface area (Å²) in [6.07, 6.45) is 0. The van der Waals surface area contributed by atoms with Crippen molar-refractivity contribution in [2.75, 3.05) is 10.7 Å². The van der Waals surface area contributed by atoms with Gasteiger partial charge in [0.25, 0.3) is 11.8 Å². The molecule has 0 spiro atoms. The number of aryl methyl sites for hydroxylation is 2. The number of halogens is 1. The maximum Gasteiger partial charge on any atom is 0.272 e. The lowest BCUT2D eigenvalue weighted by molar-refractivity contribution is -0.119. The largest absolute Gasteiger partial charge is 0.272 e. The zero-order valence-electron chi connectivity index (χ0n) is 14.3. The van der Waals surface area contributed by atoms with Crippen LogP contribution in [0, 0.1) is 13.8 Å². The van der Waals surface area contributed by atoms with E-state index in [1.807, 2.05) is 39.0 Å². The standard InChI is InChI=1S/C20H18ClNO2S/c1-4-25-18-17(16-9-8-12(2)10-13(16)3)19(23)22(20(18)24)15-7-5-6-14(21)11-15/h5-11H,4H2,1-3H3. The number of hydrogen-bond acceptors (Lipinski definition) is 3. The molecule has 0 aliphatic carbocycles. The minimum atomic E-state index is -0.296. The number of thioether (sulfide) groups is 1. The third-order valence-corrected chi connectivity index (χ3v) is 5.24. The average Bonchev–Trinajstić information content (AvgIpc) is 2.79. The molecule has 2 aromatic carbocycles. The molecular formula is C20H18ClNO2S. The molecule has 1 heterocycles. The lowest BCUT2D eigenvalue weighted by atomic mass is 9.99. The first-order valence-corrected chi connectivity index (χ1v) is 9.39. The van der Waals surface area contributed by atoms with E-state index >= 15 is 0 Å². The number of carbonyl (C=O) groups is 2. The van der Waals surface area contributed by atoms with Gasteiger partial charge in [-0.05, 0) is 48.9 Å². The molecular weight excluding hydrogens is 354 g/mol. The van der Waals surface area contributed by atoms with Gasteiger partial charge in [0.1, 0.15) is 0 Å². The van der Waals surface area contributed by atoms with Gasteiger partial charge in [0.05, 0.1) is 16.2 Å². The van der Waals surface area contributed by atoms with Crippen molar-refractivity contribution in [2.45, 2.75) is 20.8 Å². The molecule has 25 heavy (non-hydrogen) atoms. The monoisotopic (exact) mass is 371 g/mol. The topological polar surface area (TPSA) is 37.4 Å². The molecule has 128 valence electrons. The maximum absolute atomic E-state index is 13.1. The van der Waals surface area contributed by atoms with Crippen molar-refractivity contribution >= 4 is 46.4 Å². The third kappa shape index (κ3) is 3.24. The zero-order valence-corrected chi connectivity index (χ0v) is 15.9. The highest BCUT2D eigenvalue weighted by Gasteiger charge is 2.40. The minimum Gasteiger partial charge on any atom is -0.268 e. The van der Waals surface area contributed by atoms with Gasteiger partial charge in [0, 0.05) is 5.02 Å². The number of imide groups is 1. The van der Waals surface area contributed by atoms with Crippen molar-refractivity contribution in [3.8, 4) is 0 Å². The van der Waals surface area contributed by atoms with Crippen LogP contribution in [-0.2, 0) is 9.59 Å². The SMILES string of the molecule is CCSC1=C(c2ccc(C)cc2C)C(=O)N(c2cccc(Cl)c2)C1=O. The Morgan fingerprint density at radius 2 is 1.80 bits per heavy atom. The Hall–Kier alpha value is -2.04. The molecule has 3 nitrogen and oxygen atoms in total. The highest BCUT2D eigenvalue weighted by molar-refractivity contribution is 8.04. The summed E-state index contributed by atoms with van der Waals surface area (Å²) in [6, 6.07) is 12.7. The number of rotatable bonds is 4. The van der Waals surface area contributed by atoms with E-state index in [0.717, 1.165) is 16.7 Å². The smallest absolute Gasteiger partial charge is 0.268 e. The van der Waals surface area contributed by atoms with Crippen LogP contribution in [0.15, 0.2) is 47.4 Å². The van der Waals surface area contributed by atoms with Crippen molar-refractivity contribution in [3.05, 3.63) is 69.1 Å². The number of anilines is 1. The van der Waals surface area contributed by atoms with Crippen LogP contribution >= 0.6 is 23.4 Å². The molecule has 3 rings (SSSR count). The fraction of sp³-hybridized carbons (Fsp3) is 0.200. The van der Waals surface area contributed by atoms with E-state index in [4.69, 9.17) is 11.6 Å². The molecule has 1 aliphatic heterocycles. The molecule has 0 atom stereocenters. The fourth-order valence-corrected chi connectivity index (χ4v) is 4.00. The van der Waals surface area contributed by atoms with E-state index in [2.05, 4.69) is 0 Å². The second-order valence-corrected chi connectivity index (χ2v) is 7.59. The first-order chi connectivity index (χ1) is 11.9. The predicted molar refractivity (Wildman–Crippen MR) is 105 cm³/mol. The number of carbonyl (C=O) groups excluding carboxylic acids is 2. The Labute approximate surface area is 156 Å². The van der Waals surface area contributed by atoms with Crippen molar-refractivity contribution in [2.24, 2.45) is 0 Å². The van der Waals surface area contributed by atoms with Crippen molar-refractivity contribution in [3.63, 3.8) is 0 Å². The Balaban J connectivity index is 2.14. The van der Waals surface area contributed by atoms with Crippen molar-refractivity contribution in [1.82, 2.24) is 0 Å². The summed E-state index contributed by atoms with van der Waals surface area (Å²) in [5, 5.41) is 0.489. The van der Waals surface area contributed by atoms with Gasteiger partial charge < -0.3 is 0 Å². The van der Waals surface area contributed by atoms with Gasteiger partial charge in [-0.2, -0.15) is 0 Å². The molecule has 0 fully saturated rings. The summed E-state index contributed by atoms with van der Waals surface area (Å²) >= 11 is 7.45. The summed E-state index contributed by atoms with van der Waals surface area (Å²) < 4.78 is 0. The predicted octanol–water partition coefficient (Wildman–Crippen LogP) is 4.99. The van der Waals surface area contributed by atoms with E-state index in [0.29, 0.717) is 26.9 Å². The molecule has 5 heteroatoms. The molecule has 0 radical (unpaired) electrons. The van der Waals surface area contributed by atoms with Gasteiger partial charge >= 0.3 is 0 Å². The van der Waals surface area contributed by atoms with Crippen molar-refractivity contribution in [1.29, 1.82) is 0 Å². The summed E-state index contributed by atoms with van der Waals surface area (Å²) in [4.78, 5) is 27.8. The van der Waals surface area contributed by atoms with Gasteiger partial charge in [-0.3, -0.25) is 9.59 Å². The lowest BCUT2D eigenvalue weighted by Crippen LogP contribution is -2.31. The van der Waals surface area contributed by atoms with Crippen LogP contribution in [-0.4, -0.2) is 17.6 Å². The number of nitrogens with zero attached hydrogens (tertiary/aromatic N) is 1. The zero-order chi connectivity index (χ0) is 18.1. The molecule has 0 aromatic heterocycles. The van der Waals surface area contributed by atoms with Crippen LogP contribution < -0.4 is 4.90 Å². The van der Waals surface area contributed by atoms with Crippen molar-refractivity contribution < 1.29 is 9.59 Å². The second-order valence-electron chi connectivity index (χ2n) is 5.88. The molecule has 0 saturated heterocycles. The van der Waals surface area contributed by atoms with E-state index in [9.17, 15) is 9.59 Å². The summed E-state index contributed by atoms with van der Waals surface area (Å²) in [7, 11) is 0. The van der Waals surface area contributed by atoms with E-state index in [1.54, 1.807) is 24.3 Å². The number of amides is 2. The Morgan fingerprint density at radius 3 is 2.44 bits per heavy atom. The normalized spacial score (nSPS) is 14.6. The second kappa shape index (κ2) is 7.06. The van der Waals surface area contributed by atoms with Gasteiger partial charge in [0.15, 0.2) is 0 Å². The molecule has 2 amide bonds. The highest BCUT2D eigenvalue weighted by Crippen LogP contribution is 2.39. The first kappa shape index (κ1) is 17.8. The Kier molecular flexibility index (Phi) is 5.02. The highest BCUT2D eigenvalue weighted by atomic mass is 35.5. The molecule has 0 N–H and O–H groups in total. The molecule has 0 unspecified atom stereocenters. The lowest BCUT2D eigenvalue weighted by Gasteiger charge is -2.15. The number of benzene rings is 2. The fourth-order valence-electron chi connectivity index (χ4n) is 2.97. The van der Waals surface area contributed by atoms with Crippen LogP contribution in [0.4, 0.5) is 5.69 Å². The maximum atomic E-state index is 13.1. The minimum absolute atomic E-state index is 0.283.